The Morgan fingerprint density at radius 3 is 2.65 bits per heavy atom. The molecular weight excluding hydrogens is 300 g/mol. The third-order valence-electron chi connectivity index (χ3n) is 3.51. The number of nitrogens with zero attached hydrogens (tertiary/aromatic N) is 1. The Morgan fingerprint density at radius 2 is 2.17 bits per heavy atom. The van der Waals surface area contributed by atoms with E-state index in [0.717, 1.165) is 0 Å². The van der Waals surface area contributed by atoms with Crippen LogP contribution in [-0.4, -0.2) is 52.7 Å². The number of carboxylic acid groups (broad SMARTS) is 1. The van der Waals surface area contributed by atoms with Gasteiger partial charge in [0.2, 0.25) is 5.91 Å². The summed E-state index contributed by atoms with van der Waals surface area (Å²) in [5.41, 5.74) is -0.574. The number of nitrogens with one attached hydrogen (secondary N) is 1. The summed E-state index contributed by atoms with van der Waals surface area (Å²) in [4.78, 5) is 36.2. The summed E-state index contributed by atoms with van der Waals surface area (Å²) >= 11 is 0. The minimum Gasteiger partial charge on any atom is -0.480 e. The molecule has 7 nitrogen and oxygen atoms in total. The smallest absolute Gasteiger partial charge is 0.407 e. The lowest BCUT2D eigenvalue weighted by Crippen LogP contribution is -2.42. The van der Waals surface area contributed by atoms with Crippen molar-refractivity contribution < 1.29 is 24.2 Å². The van der Waals surface area contributed by atoms with Crippen molar-refractivity contribution >= 4 is 18.0 Å². The van der Waals surface area contributed by atoms with E-state index in [9.17, 15) is 19.5 Å². The number of carboxylic acids is 1. The van der Waals surface area contributed by atoms with E-state index in [1.54, 1.807) is 26.8 Å². The molecule has 0 aromatic rings. The quantitative estimate of drug-likeness (QED) is 0.549. The number of carbonyl (C=O) groups is 3. The van der Waals surface area contributed by atoms with E-state index >= 15 is 0 Å². The van der Waals surface area contributed by atoms with E-state index in [4.69, 9.17) is 4.74 Å². The lowest BCUT2D eigenvalue weighted by atomic mass is 10.1. The molecule has 0 bridgehead atoms. The largest absolute Gasteiger partial charge is 0.480 e. The molecule has 1 fully saturated rings. The molecule has 1 heterocycles. The topological polar surface area (TPSA) is 95.9 Å². The first-order valence-electron chi connectivity index (χ1n) is 7.75. The zero-order chi connectivity index (χ0) is 17.6. The minimum atomic E-state index is -1.03. The van der Waals surface area contributed by atoms with E-state index in [1.807, 2.05) is 0 Å². The van der Waals surface area contributed by atoms with Gasteiger partial charge in [-0.05, 0) is 33.6 Å². The maximum atomic E-state index is 11.9. The van der Waals surface area contributed by atoms with Crippen molar-refractivity contribution in [3.05, 3.63) is 12.7 Å². The average Bonchev–Trinajstić information content (AvgIpc) is 2.77. The van der Waals surface area contributed by atoms with Gasteiger partial charge in [-0.25, -0.2) is 9.59 Å². The summed E-state index contributed by atoms with van der Waals surface area (Å²) in [5.74, 6) is -1.19. The Hall–Kier alpha value is -2.05. The fourth-order valence-electron chi connectivity index (χ4n) is 2.43. The van der Waals surface area contributed by atoms with Crippen molar-refractivity contribution in [1.82, 2.24) is 10.2 Å². The minimum absolute atomic E-state index is 0.00392. The van der Waals surface area contributed by atoms with Crippen molar-refractivity contribution in [1.29, 1.82) is 0 Å². The molecule has 2 N–H and O–H groups in total. The van der Waals surface area contributed by atoms with Gasteiger partial charge >= 0.3 is 12.1 Å². The molecule has 2 atom stereocenters. The van der Waals surface area contributed by atoms with Crippen molar-refractivity contribution in [2.24, 2.45) is 5.92 Å². The highest BCUT2D eigenvalue weighted by atomic mass is 16.6. The van der Waals surface area contributed by atoms with Crippen LogP contribution in [0.15, 0.2) is 12.7 Å². The van der Waals surface area contributed by atoms with Crippen molar-refractivity contribution in [3.63, 3.8) is 0 Å². The van der Waals surface area contributed by atoms with Gasteiger partial charge in [-0.3, -0.25) is 4.79 Å². The lowest BCUT2D eigenvalue weighted by Gasteiger charge is -2.24. The van der Waals surface area contributed by atoms with Gasteiger partial charge in [0, 0.05) is 25.4 Å². The number of ether oxygens (including phenoxy) is 1. The molecule has 2 amide bonds. The summed E-state index contributed by atoms with van der Waals surface area (Å²) in [5, 5.41) is 11.9. The molecular formula is C16H26N2O5. The van der Waals surface area contributed by atoms with Crippen LogP contribution in [0, 0.1) is 5.92 Å². The molecule has 23 heavy (non-hydrogen) atoms. The van der Waals surface area contributed by atoms with E-state index in [2.05, 4.69) is 11.9 Å². The highest BCUT2D eigenvalue weighted by molar-refractivity contribution is 5.85. The van der Waals surface area contributed by atoms with Gasteiger partial charge in [0.25, 0.3) is 0 Å². The number of alkyl carbamates (subject to hydrolysis) is 1. The predicted molar refractivity (Wildman–Crippen MR) is 84.9 cm³/mol. The number of likely N-dealkylation sites (tertiary alicyclic amines) is 1. The second-order valence-electron chi connectivity index (χ2n) is 6.67. The van der Waals surface area contributed by atoms with E-state index < -0.39 is 23.7 Å². The zero-order valence-corrected chi connectivity index (χ0v) is 14.0. The van der Waals surface area contributed by atoms with Crippen LogP contribution in [0.1, 0.15) is 40.0 Å². The third kappa shape index (κ3) is 6.30. The fraction of sp³-hybridized carbons (Fsp3) is 0.688. The SMILES string of the molecule is C=CC1CC(=O)N([C@@H](CCCNC(=O)OC(C)(C)C)C(=O)O)C1. The summed E-state index contributed by atoms with van der Waals surface area (Å²) in [6.45, 7) is 9.63. The second kappa shape index (κ2) is 7.99. The van der Waals surface area contributed by atoms with Gasteiger partial charge in [0.15, 0.2) is 0 Å². The third-order valence-corrected chi connectivity index (χ3v) is 3.51. The van der Waals surface area contributed by atoms with Crippen LogP contribution >= 0.6 is 0 Å². The highest BCUT2D eigenvalue weighted by Gasteiger charge is 2.36. The Kier molecular flexibility index (Phi) is 6.60. The van der Waals surface area contributed by atoms with Crippen LogP contribution in [0.2, 0.25) is 0 Å². The van der Waals surface area contributed by atoms with Crippen molar-refractivity contribution in [2.75, 3.05) is 13.1 Å². The van der Waals surface area contributed by atoms with Gasteiger partial charge in [-0.15, -0.1) is 6.58 Å². The summed E-state index contributed by atoms with van der Waals surface area (Å²) < 4.78 is 5.10. The van der Waals surface area contributed by atoms with Gasteiger partial charge in [-0.1, -0.05) is 6.08 Å². The monoisotopic (exact) mass is 326 g/mol. The van der Waals surface area contributed by atoms with Gasteiger partial charge in [0.05, 0.1) is 0 Å². The number of hydrogen-bond donors (Lipinski definition) is 2. The van der Waals surface area contributed by atoms with E-state index in [-0.39, 0.29) is 18.2 Å². The Morgan fingerprint density at radius 1 is 1.52 bits per heavy atom. The molecule has 130 valence electrons. The first kappa shape index (κ1) is 19.0. The number of amides is 2. The van der Waals surface area contributed by atoms with E-state index in [1.165, 1.54) is 4.90 Å². The van der Waals surface area contributed by atoms with Crippen molar-refractivity contribution in [2.45, 2.75) is 51.7 Å². The molecule has 1 aliphatic rings. The molecule has 0 spiro atoms. The van der Waals surface area contributed by atoms with Crippen LogP contribution < -0.4 is 5.32 Å². The first-order valence-corrected chi connectivity index (χ1v) is 7.75. The molecule has 0 radical (unpaired) electrons. The van der Waals surface area contributed by atoms with Crippen LogP contribution in [0.3, 0.4) is 0 Å². The molecule has 1 aliphatic heterocycles. The van der Waals surface area contributed by atoms with Crippen LogP contribution in [0.25, 0.3) is 0 Å². The maximum absolute atomic E-state index is 11.9. The lowest BCUT2D eigenvalue weighted by molar-refractivity contribution is -0.148. The number of rotatable bonds is 7. The van der Waals surface area contributed by atoms with Gasteiger partial charge in [0.1, 0.15) is 11.6 Å². The molecule has 0 aromatic carbocycles. The van der Waals surface area contributed by atoms with Crippen LogP contribution in [-0.2, 0) is 14.3 Å². The molecule has 1 rings (SSSR count). The average molecular weight is 326 g/mol. The molecule has 1 saturated heterocycles. The molecule has 0 saturated carbocycles. The van der Waals surface area contributed by atoms with Gasteiger partial charge in [-0.2, -0.15) is 0 Å². The summed E-state index contributed by atoms with van der Waals surface area (Å²) in [6, 6.07) is -0.868. The number of hydrogen-bond acceptors (Lipinski definition) is 4. The Balaban J connectivity index is 2.43. The Labute approximate surface area is 136 Å². The normalized spacial score (nSPS) is 19.3. The standard InChI is InChI=1S/C16H26N2O5/c1-5-11-9-13(19)18(10-11)12(14(20)21)7-6-8-17-15(22)23-16(2,3)4/h5,11-12H,1,6-10H2,2-4H3,(H,17,22)(H,20,21)/t11?,12-/m0/s1. The summed E-state index contributed by atoms with van der Waals surface area (Å²) in [7, 11) is 0. The molecule has 0 aromatic heterocycles. The van der Waals surface area contributed by atoms with Crippen LogP contribution in [0.5, 0.6) is 0 Å². The second-order valence-corrected chi connectivity index (χ2v) is 6.67. The van der Waals surface area contributed by atoms with E-state index in [0.29, 0.717) is 25.9 Å². The zero-order valence-electron chi connectivity index (χ0n) is 14.0. The Bertz CT molecular complexity index is 470. The maximum Gasteiger partial charge on any atom is 0.407 e. The molecule has 0 aliphatic carbocycles. The number of carbonyl (C=O) groups excluding carboxylic acids is 2. The fourth-order valence-corrected chi connectivity index (χ4v) is 2.43. The van der Waals surface area contributed by atoms with Crippen molar-refractivity contribution in [3.8, 4) is 0 Å². The first-order chi connectivity index (χ1) is 10.6. The van der Waals surface area contributed by atoms with Crippen LogP contribution in [0.4, 0.5) is 4.79 Å². The molecule has 1 unspecified atom stereocenters. The number of aliphatic carboxylic acids is 1. The highest BCUT2D eigenvalue weighted by Crippen LogP contribution is 2.22. The predicted octanol–water partition coefficient (Wildman–Crippen LogP) is 1.78. The van der Waals surface area contributed by atoms with Gasteiger partial charge < -0.3 is 20.1 Å². The summed E-state index contributed by atoms with van der Waals surface area (Å²) in [6.07, 6.45) is 2.18. The molecule has 7 heteroatoms.